The molecule has 2 rings (SSSR count). The van der Waals surface area contributed by atoms with Crippen molar-refractivity contribution in [2.75, 3.05) is 34.5 Å². The fraction of sp³-hybridized carbons (Fsp3) is 0.500. The third kappa shape index (κ3) is 4.72. The molecule has 8 heteroatoms. The molecule has 0 saturated carbocycles. The predicted octanol–water partition coefficient (Wildman–Crippen LogP) is 1.69. The van der Waals surface area contributed by atoms with Gasteiger partial charge in [-0.15, -0.1) is 0 Å². The largest absolute Gasteiger partial charge is 0.493 e. The summed E-state index contributed by atoms with van der Waals surface area (Å²) in [5.41, 5.74) is 3.52. The Kier molecular flexibility index (Phi) is 7.07. The summed E-state index contributed by atoms with van der Waals surface area (Å²) in [4.78, 5) is 0. The van der Waals surface area contributed by atoms with E-state index >= 15 is 0 Å². The Morgan fingerprint density at radius 2 is 2.08 bits per heavy atom. The third-order valence-corrected chi connectivity index (χ3v) is 3.85. The van der Waals surface area contributed by atoms with Gasteiger partial charge >= 0.3 is 0 Å². The molecule has 1 unspecified atom stereocenters. The Morgan fingerprint density at radius 1 is 1.29 bits per heavy atom. The zero-order valence-corrected chi connectivity index (χ0v) is 14.9. The van der Waals surface area contributed by atoms with E-state index in [2.05, 4.69) is 15.8 Å². The van der Waals surface area contributed by atoms with Crippen LogP contribution in [0.3, 0.4) is 0 Å². The number of hydrogen-bond donors (Lipinski definition) is 2. The molecule has 0 spiro atoms. The van der Waals surface area contributed by atoms with Crippen LogP contribution in [0.1, 0.15) is 18.4 Å². The van der Waals surface area contributed by atoms with Crippen molar-refractivity contribution >= 4 is 23.5 Å². The lowest BCUT2D eigenvalue weighted by molar-refractivity contribution is 0.114. The number of hydrogen-bond acceptors (Lipinski definition) is 6. The number of hydrazone groups is 1. The molecule has 1 aromatic carbocycles. The van der Waals surface area contributed by atoms with Crippen LogP contribution in [0, 0.1) is 0 Å². The molecule has 132 valence electrons. The maximum Gasteiger partial charge on any atom is 0.203 e. The minimum absolute atomic E-state index is 0.222. The van der Waals surface area contributed by atoms with Gasteiger partial charge in [-0.25, -0.2) is 0 Å². The summed E-state index contributed by atoms with van der Waals surface area (Å²) in [6.45, 7) is 1.50. The summed E-state index contributed by atoms with van der Waals surface area (Å²) < 4.78 is 21.5. The van der Waals surface area contributed by atoms with Crippen LogP contribution in [0.5, 0.6) is 17.2 Å². The number of nitrogens with one attached hydrogen (secondary N) is 2. The molecule has 7 nitrogen and oxygen atoms in total. The SMILES string of the molecule is COc1ccc(C=NNC(=S)NCC2CCCO2)c(OC)c1OC. The van der Waals surface area contributed by atoms with Crippen LogP contribution in [0.15, 0.2) is 17.2 Å². The van der Waals surface area contributed by atoms with Gasteiger partial charge in [0, 0.05) is 18.7 Å². The van der Waals surface area contributed by atoms with Gasteiger partial charge in [0.25, 0.3) is 0 Å². The summed E-state index contributed by atoms with van der Waals surface area (Å²) in [5, 5.41) is 7.66. The molecular weight excluding hydrogens is 330 g/mol. The number of methoxy groups -OCH3 is 3. The molecule has 0 aliphatic carbocycles. The van der Waals surface area contributed by atoms with Crippen molar-refractivity contribution in [1.82, 2.24) is 10.7 Å². The molecule has 2 N–H and O–H groups in total. The third-order valence-electron chi connectivity index (χ3n) is 3.62. The molecule has 0 radical (unpaired) electrons. The summed E-state index contributed by atoms with van der Waals surface area (Å²) in [6, 6.07) is 3.62. The van der Waals surface area contributed by atoms with Crippen molar-refractivity contribution < 1.29 is 18.9 Å². The molecule has 0 bridgehead atoms. The van der Waals surface area contributed by atoms with Gasteiger partial charge in [0.2, 0.25) is 5.75 Å². The Hall–Kier alpha value is -2.06. The fourth-order valence-electron chi connectivity index (χ4n) is 2.44. The van der Waals surface area contributed by atoms with E-state index < -0.39 is 0 Å². The van der Waals surface area contributed by atoms with Gasteiger partial charge in [-0.05, 0) is 37.2 Å². The predicted molar refractivity (Wildman–Crippen MR) is 96.4 cm³/mol. The summed E-state index contributed by atoms with van der Waals surface area (Å²) in [5.74, 6) is 1.65. The highest BCUT2D eigenvalue weighted by atomic mass is 32.1. The van der Waals surface area contributed by atoms with Crippen molar-refractivity contribution in [3.8, 4) is 17.2 Å². The first kappa shape index (κ1) is 18.3. The summed E-state index contributed by atoms with van der Waals surface area (Å²) in [6.07, 6.45) is 3.99. The number of thiocarbonyl (C=S) groups is 1. The highest BCUT2D eigenvalue weighted by Gasteiger charge is 2.16. The maximum atomic E-state index is 5.52. The van der Waals surface area contributed by atoms with Crippen LogP contribution >= 0.6 is 12.2 Å². The van der Waals surface area contributed by atoms with E-state index in [0.717, 1.165) is 25.0 Å². The average molecular weight is 353 g/mol. The molecule has 1 fully saturated rings. The molecule has 1 atom stereocenters. The van der Waals surface area contributed by atoms with E-state index in [1.807, 2.05) is 6.07 Å². The minimum Gasteiger partial charge on any atom is -0.493 e. The van der Waals surface area contributed by atoms with Crippen LogP contribution in [0.2, 0.25) is 0 Å². The van der Waals surface area contributed by atoms with Crippen molar-refractivity contribution in [2.24, 2.45) is 5.10 Å². The lowest BCUT2D eigenvalue weighted by atomic mass is 10.2. The molecule has 0 aromatic heterocycles. The van der Waals surface area contributed by atoms with E-state index in [1.165, 1.54) is 0 Å². The van der Waals surface area contributed by atoms with Gasteiger partial charge in [-0.2, -0.15) is 5.10 Å². The van der Waals surface area contributed by atoms with Crippen molar-refractivity contribution in [3.63, 3.8) is 0 Å². The molecule has 1 aromatic rings. The second kappa shape index (κ2) is 9.29. The Balaban J connectivity index is 1.94. The highest BCUT2D eigenvalue weighted by Crippen LogP contribution is 2.38. The fourth-order valence-corrected chi connectivity index (χ4v) is 2.57. The molecular formula is C16H23N3O4S. The average Bonchev–Trinajstić information content (AvgIpc) is 3.12. The van der Waals surface area contributed by atoms with Gasteiger partial charge in [0.05, 0.1) is 33.6 Å². The van der Waals surface area contributed by atoms with Gasteiger partial charge in [-0.3, -0.25) is 5.43 Å². The van der Waals surface area contributed by atoms with Crippen LogP contribution in [-0.4, -0.2) is 51.9 Å². The number of rotatable bonds is 7. The number of nitrogens with zero attached hydrogens (tertiary/aromatic N) is 1. The van der Waals surface area contributed by atoms with Crippen LogP contribution < -0.4 is 25.0 Å². The molecule has 1 heterocycles. The second-order valence-electron chi connectivity index (χ2n) is 5.14. The van der Waals surface area contributed by atoms with E-state index in [4.69, 9.17) is 31.2 Å². The van der Waals surface area contributed by atoms with Crippen LogP contribution in [0.4, 0.5) is 0 Å². The first-order chi connectivity index (χ1) is 11.7. The zero-order chi connectivity index (χ0) is 17.4. The standard InChI is InChI=1S/C16H23N3O4S/c1-20-13-7-6-11(14(21-2)15(13)22-3)9-18-19-16(24)17-10-12-5-4-8-23-12/h6-7,9,12H,4-5,8,10H2,1-3H3,(H2,17,19,24). The maximum absolute atomic E-state index is 5.52. The number of ether oxygens (including phenoxy) is 4. The van der Waals surface area contributed by atoms with E-state index in [-0.39, 0.29) is 6.10 Å². The number of benzene rings is 1. The Labute approximate surface area is 147 Å². The monoisotopic (exact) mass is 353 g/mol. The summed E-state index contributed by atoms with van der Waals surface area (Å²) >= 11 is 5.19. The smallest absolute Gasteiger partial charge is 0.203 e. The van der Waals surface area contributed by atoms with Gasteiger partial charge < -0.3 is 24.3 Å². The molecule has 24 heavy (non-hydrogen) atoms. The molecule has 0 amide bonds. The topological polar surface area (TPSA) is 73.3 Å². The van der Waals surface area contributed by atoms with Gasteiger partial charge in [0.15, 0.2) is 16.6 Å². The molecule has 1 aliphatic heterocycles. The van der Waals surface area contributed by atoms with Gasteiger partial charge in [0.1, 0.15) is 0 Å². The molecule has 1 saturated heterocycles. The van der Waals surface area contributed by atoms with E-state index in [0.29, 0.717) is 28.9 Å². The zero-order valence-electron chi connectivity index (χ0n) is 14.1. The van der Waals surface area contributed by atoms with Crippen LogP contribution in [-0.2, 0) is 4.74 Å². The minimum atomic E-state index is 0.222. The first-order valence-electron chi connectivity index (χ1n) is 7.67. The highest BCUT2D eigenvalue weighted by molar-refractivity contribution is 7.80. The van der Waals surface area contributed by atoms with Crippen molar-refractivity contribution in [2.45, 2.75) is 18.9 Å². The molecule has 1 aliphatic rings. The first-order valence-corrected chi connectivity index (χ1v) is 8.08. The summed E-state index contributed by atoms with van der Waals surface area (Å²) in [7, 11) is 4.70. The normalized spacial score (nSPS) is 16.9. The van der Waals surface area contributed by atoms with Crippen molar-refractivity contribution in [3.05, 3.63) is 17.7 Å². The Morgan fingerprint density at radius 3 is 2.71 bits per heavy atom. The Bertz CT molecular complexity index is 589. The van der Waals surface area contributed by atoms with E-state index in [9.17, 15) is 0 Å². The van der Waals surface area contributed by atoms with E-state index in [1.54, 1.807) is 33.6 Å². The quantitative estimate of drug-likeness (QED) is 0.439. The van der Waals surface area contributed by atoms with Crippen LogP contribution in [0.25, 0.3) is 0 Å². The lowest BCUT2D eigenvalue weighted by Gasteiger charge is -2.14. The van der Waals surface area contributed by atoms with Gasteiger partial charge in [-0.1, -0.05) is 0 Å². The lowest BCUT2D eigenvalue weighted by Crippen LogP contribution is -2.37. The second-order valence-corrected chi connectivity index (χ2v) is 5.55. The van der Waals surface area contributed by atoms with Crippen molar-refractivity contribution in [1.29, 1.82) is 0 Å².